The van der Waals surface area contributed by atoms with Gasteiger partial charge in [0.1, 0.15) is 110 Å². The van der Waals surface area contributed by atoms with Crippen molar-refractivity contribution in [2.45, 2.75) is 272 Å². The smallest absolute Gasteiger partial charge is 0.187 e. The molecule has 33 unspecified atom stereocenters. The molecule has 6 aliphatic heterocycles. The molecule has 0 aromatic carbocycles. The topological polar surface area (TPSA) is 405 Å². The van der Waals surface area contributed by atoms with Gasteiger partial charge in [0, 0.05) is 10.8 Å². The zero-order chi connectivity index (χ0) is 60.8. The molecule has 0 aromatic rings. The van der Waals surface area contributed by atoms with E-state index in [9.17, 15) is 76.6 Å². The molecule has 6 saturated heterocycles. The van der Waals surface area contributed by atoms with Gasteiger partial charge in [0.25, 0.3) is 0 Å². The lowest BCUT2D eigenvalue weighted by atomic mass is 9.30. The maximum Gasteiger partial charge on any atom is 0.187 e. The number of ether oxygens (including phenoxy) is 11. The highest BCUT2D eigenvalue weighted by atomic mass is 16.8. The minimum absolute atomic E-state index is 0.121. The lowest BCUT2D eigenvalue weighted by molar-refractivity contribution is -0.402. The maximum absolute atomic E-state index is 12.6. The van der Waals surface area contributed by atoms with E-state index >= 15 is 0 Å². The van der Waals surface area contributed by atoms with Gasteiger partial charge in [0.15, 0.2) is 31.5 Å². The molecule has 0 radical (unpaired) electrons. The normalized spacial score (nSPS) is 57.1. The van der Waals surface area contributed by atoms with E-state index in [1.54, 1.807) is 0 Å². The van der Waals surface area contributed by atoms with E-state index in [1.165, 1.54) is 0 Å². The Kier molecular flexibility index (Phi) is 17.9. The van der Waals surface area contributed by atoms with E-state index in [1.807, 2.05) is 0 Å². The number of rotatable bonds is 13. The van der Waals surface area contributed by atoms with Gasteiger partial charge < -0.3 is 129 Å². The number of fused-ring (bicyclic) bond motifs is 4. The average molecular weight is 1210 g/mol. The molecule has 11 rings (SSSR count). The van der Waals surface area contributed by atoms with E-state index in [4.69, 9.17) is 52.1 Å². The predicted octanol–water partition coefficient (Wildman–Crippen LogP) is -3.25. The molecular formula is C58H96O26. The summed E-state index contributed by atoms with van der Waals surface area (Å²) in [6, 6.07) is 0. The molecule has 0 aromatic heterocycles. The van der Waals surface area contributed by atoms with Crippen LogP contribution in [0, 0.1) is 50.2 Å². The summed E-state index contributed by atoms with van der Waals surface area (Å²) in [6.45, 7) is 13.4. The highest BCUT2D eigenvalue weighted by molar-refractivity contribution is 5.28. The number of aliphatic hydroxyl groups is 15. The van der Waals surface area contributed by atoms with Crippen LogP contribution < -0.4 is 0 Å². The average Bonchev–Trinajstić information content (AvgIpc) is 1.29. The first-order chi connectivity index (χ1) is 39.5. The SMILES string of the molecule is CC1(C)CCC23COC4(CCC5C6(C)CCC(OC7OCC(OC8OC(CO)C(OC9OC(CO)C(O)C(O)C9O)C(O)C8OC8OCC(O)C(O)C8O)C(O)C7OC7OC(CO)C(O)C(O)C7O)C(C)(C)C6CCC5(C)C4(C)CC2O)C3C1. The Bertz CT molecular complexity index is 2280. The van der Waals surface area contributed by atoms with Crippen molar-refractivity contribution >= 4 is 0 Å². The summed E-state index contributed by atoms with van der Waals surface area (Å²) in [4.78, 5) is 0. The van der Waals surface area contributed by atoms with Crippen LogP contribution in [-0.4, -0.2) is 275 Å². The summed E-state index contributed by atoms with van der Waals surface area (Å²) >= 11 is 0. The zero-order valence-corrected chi connectivity index (χ0v) is 49.2. The lowest BCUT2D eigenvalue weighted by Crippen LogP contribution is -2.74. The Morgan fingerprint density at radius 3 is 1.63 bits per heavy atom. The van der Waals surface area contributed by atoms with Gasteiger partial charge >= 0.3 is 0 Å². The fourth-order valence-electron chi connectivity index (χ4n) is 18.9. The minimum Gasteiger partial charge on any atom is -0.394 e. The molecule has 84 heavy (non-hydrogen) atoms. The van der Waals surface area contributed by atoms with Gasteiger partial charge in [0.2, 0.25) is 0 Å². The van der Waals surface area contributed by atoms with Crippen molar-refractivity contribution in [1.29, 1.82) is 0 Å². The van der Waals surface area contributed by atoms with Gasteiger partial charge in [-0.3, -0.25) is 0 Å². The minimum atomic E-state index is -2.03. The van der Waals surface area contributed by atoms with Gasteiger partial charge in [-0.25, -0.2) is 0 Å². The first-order valence-electron chi connectivity index (χ1n) is 30.6. The predicted molar refractivity (Wildman–Crippen MR) is 283 cm³/mol. The van der Waals surface area contributed by atoms with Crippen molar-refractivity contribution < 1.29 is 129 Å². The van der Waals surface area contributed by atoms with Crippen LogP contribution in [0.2, 0.25) is 0 Å². The molecule has 26 heteroatoms. The molecule has 2 bridgehead atoms. The van der Waals surface area contributed by atoms with Crippen LogP contribution in [0.4, 0.5) is 0 Å². The van der Waals surface area contributed by atoms with E-state index < -0.39 is 192 Å². The quantitative estimate of drug-likeness (QED) is 0.0806. The van der Waals surface area contributed by atoms with Gasteiger partial charge in [-0.05, 0) is 104 Å². The lowest BCUT2D eigenvalue weighted by Gasteiger charge is -2.75. The molecule has 15 N–H and O–H groups in total. The van der Waals surface area contributed by atoms with Gasteiger partial charge in [-0.2, -0.15) is 0 Å². The van der Waals surface area contributed by atoms with Crippen molar-refractivity contribution in [1.82, 2.24) is 0 Å². The molecule has 0 amide bonds. The first-order valence-corrected chi connectivity index (χ1v) is 30.6. The van der Waals surface area contributed by atoms with E-state index in [0.29, 0.717) is 19.4 Å². The van der Waals surface area contributed by atoms with Crippen molar-refractivity contribution in [3.05, 3.63) is 0 Å². The molecule has 33 atom stereocenters. The monoisotopic (exact) mass is 1210 g/mol. The van der Waals surface area contributed by atoms with Crippen LogP contribution in [0.25, 0.3) is 0 Å². The summed E-state index contributed by atoms with van der Waals surface area (Å²) in [5.74, 6) is 0.673. The van der Waals surface area contributed by atoms with Crippen LogP contribution >= 0.6 is 0 Å². The van der Waals surface area contributed by atoms with Crippen molar-refractivity contribution in [2.24, 2.45) is 50.2 Å². The van der Waals surface area contributed by atoms with Crippen LogP contribution in [0.1, 0.15) is 113 Å². The van der Waals surface area contributed by atoms with Crippen LogP contribution in [0.5, 0.6) is 0 Å². The molecule has 484 valence electrons. The third kappa shape index (κ3) is 10.0. The van der Waals surface area contributed by atoms with Gasteiger partial charge in [0.05, 0.1) is 57.5 Å². The highest BCUT2D eigenvalue weighted by Crippen LogP contribution is 2.80. The van der Waals surface area contributed by atoms with Crippen molar-refractivity contribution in [3.63, 3.8) is 0 Å². The molecule has 26 nitrogen and oxygen atoms in total. The molecule has 11 aliphatic rings. The third-order valence-corrected chi connectivity index (χ3v) is 24.0. The summed E-state index contributed by atoms with van der Waals surface area (Å²) in [5, 5.41) is 164. The molecular weight excluding hydrogens is 1110 g/mol. The number of hydrogen-bond donors (Lipinski definition) is 15. The largest absolute Gasteiger partial charge is 0.394 e. The zero-order valence-electron chi connectivity index (χ0n) is 49.2. The van der Waals surface area contributed by atoms with Crippen LogP contribution in [0.15, 0.2) is 0 Å². The van der Waals surface area contributed by atoms with E-state index in [-0.39, 0.29) is 50.4 Å². The highest BCUT2D eigenvalue weighted by Gasteiger charge is 2.80. The third-order valence-electron chi connectivity index (χ3n) is 24.0. The second-order valence-electron chi connectivity index (χ2n) is 29.0. The first kappa shape index (κ1) is 64.5. The van der Waals surface area contributed by atoms with Gasteiger partial charge in [-0.15, -0.1) is 0 Å². The Morgan fingerprint density at radius 2 is 1.00 bits per heavy atom. The van der Waals surface area contributed by atoms with Crippen LogP contribution in [-0.2, 0) is 52.1 Å². The number of aliphatic hydroxyl groups excluding tert-OH is 15. The Hall–Kier alpha value is -1.04. The molecule has 5 saturated carbocycles. The second kappa shape index (κ2) is 23.3. The number of hydrogen-bond acceptors (Lipinski definition) is 26. The summed E-state index contributed by atoms with van der Waals surface area (Å²) in [6.07, 6.45) is -32.8. The fraction of sp³-hybridized carbons (Fsp3) is 1.00. The second-order valence-corrected chi connectivity index (χ2v) is 29.0. The molecule has 5 aliphatic carbocycles. The standard InChI is InChI=1S/C58H96O26/c1-52(2)14-15-57-23-76-58(31(57)16-52)13-9-30-54(5)11-10-33(53(3,4)29(54)8-12-55(30,6)56(58,7)17-32(57)63)81-50-45(84-49-42(72)39(69)36(66)26(19-60)78-49)37(67)28(22-75-50)80-51-46(83-47-40(70)34(64)24(62)21-74-47)43(73)44(27(20-61)79-51)82-48-41(71)38(68)35(65)25(18-59)77-48/h24-51,59-73H,8-23H2,1-7H3. The Labute approximate surface area is 489 Å². The van der Waals surface area contributed by atoms with Crippen LogP contribution in [0.3, 0.4) is 0 Å². The van der Waals surface area contributed by atoms with Gasteiger partial charge in [-0.1, -0.05) is 48.5 Å². The summed E-state index contributed by atoms with van der Waals surface area (Å²) in [7, 11) is 0. The molecule has 11 fully saturated rings. The van der Waals surface area contributed by atoms with E-state index in [2.05, 4.69) is 48.5 Å². The Balaban J connectivity index is 0.853. The Morgan fingerprint density at radius 1 is 0.440 bits per heavy atom. The summed E-state index contributed by atoms with van der Waals surface area (Å²) < 4.78 is 68.4. The molecule has 1 spiro atoms. The summed E-state index contributed by atoms with van der Waals surface area (Å²) in [5.41, 5.74) is -1.59. The van der Waals surface area contributed by atoms with Crippen molar-refractivity contribution in [3.8, 4) is 0 Å². The van der Waals surface area contributed by atoms with E-state index in [0.717, 1.165) is 51.4 Å². The fourth-order valence-corrected chi connectivity index (χ4v) is 18.9. The van der Waals surface area contributed by atoms with Crippen molar-refractivity contribution in [2.75, 3.05) is 39.6 Å². The molecule has 6 heterocycles. The maximum atomic E-state index is 12.6.